The van der Waals surface area contributed by atoms with Gasteiger partial charge in [0.25, 0.3) is 5.91 Å². The van der Waals surface area contributed by atoms with Crippen LogP contribution in [0.4, 0.5) is 4.39 Å². The van der Waals surface area contributed by atoms with Gasteiger partial charge in [-0.1, -0.05) is 18.2 Å². The standard InChI is InChI=1S/C28H26FN5O2/c1-18(2)36-26-10-8-22(16-32-26)27(21-6-3-19(14-30)4-7-21)34-12-11-23(17-34)33-28(35)24-9-5-20(15-31)13-25(24)29/h3-10,13,16,18,23,27H,11-12,17H2,1-2H3,(H,33,35)/t23-,27?/m1/s1. The molecule has 0 radical (unpaired) electrons. The van der Waals surface area contributed by atoms with Gasteiger partial charge in [0.05, 0.1) is 41.0 Å². The molecular weight excluding hydrogens is 457 g/mol. The van der Waals surface area contributed by atoms with Crippen molar-refractivity contribution < 1.29 is 13.9 Å². The minimum Gasteiger partial charge on any atom is -0.475 e. The SMILES string of the molecule is CC(C)Oc1ccc(C(c2ccc(C#N)cc2)N2CC[C@@H](NC(=O)c3ccc(C#N)cc3F)C2)cn1. The largest absolute Gasteiger partial charge is 0.475 e. The van der Waals surface area contributed by atoms with Crippen molar-refractivity contribution in [1.29, 1.82) is 10.5 Å². The van der Waals surface area contributed by atoms with Crippen molar-refractivity contribution in [2.75, 3.05) is 13.1 Å². The average molecular weight is 484 g/mol. The highest BCUT2D eigenvalue weighted by atomic mass is 19.1. The van der Waals surface area contributed by atoms with Gasteiger partial charge in [0, 0.05) is 31.4 Å². The van der Waals surface area contributed by atoms with E-state index in [1.807, 2.05) is 44.2 Å². The highest BCUT2D eigenvalue weighted by Crippen LogP contribution is 2.32. The van der Waals surface area contributed by atoms with Gasteiger partial charge in [0.1, 0.15) is 5.82 Å². The lowest BCUT2D eigenvalue weighted by Crippen LogP contribution is -2.38. The topological polar surface area (TPSA) is 102 Å². The molecule has 3 aromatic rings. The molecule has 8 heteroatoms. The molecule has 1 amide bonds. The molecule has 0 spiro atoms. The number of likely N-dealkylation sites (tertiary alicyclic amines) is 1. The first kappa shape index (κ1) is 24.8. The van der Waals surface area contributed by atoms with E-state index in [0.717, 1.165) is 17.2 Å². The number of rotatable bonds is 7. The Hall–Kier alpha value is -4.27. The lowest BCUT2D eigenvalue weighted by Gasteiger charge is -2.29. The number of pyridine rings is 1. The Kier molecular flexibility index (Phi) is 7.58. The minimum absolute atomic E-state index is 0.0153. The van der Waals surface area contributed by atoms with Gasteiger partial charge in [-0.15, -0.1) is 0 Å². The number of aromatic nitrogens is 1. The molecule has 1 aliphatic rings. The predicted octanol–water partition coefficient (Wildman–Crippen LogP) is 4.34. The molecule has 1 saturated heterocycles. The Morgan fingerprint density at radius 1 is 1.08 bits per heavy atom. The number of carbonyl (C=O) groups excluding carboxylic acids is 1. The number of nitrogens with one attached hydrogen (secondary N) is 1. The lowest BCUT2D eigenvalue weighted by molar-refractivity contribution is 0.0932. The number of carbonyl (C=O) groups is 1. The first-order valence-corrected chi connectivity index (χ1v) is 11.7. The predicted molar refractivity (Wildman–Crippen MR) is 132 cm³/mol. The second kappa shape index (κ2) is 11.0. The van der Waals surface area contributed by atoms with Crippen molar-refractivity contribution in [2.24, 2.45) is 0 Å². The first-order valence-electron chi connectivity index (χ1n) is 11.7. The molecule has 1 unspecified atom stereocenters. The van der Waals surface area contributed by atoms with Gasteiger partial charge < -0.3 is 10.1 Å². The van der Waals surface area contributed by atoms with Crippen molar-refractivity contribution in [3.05, 3.63) is 94.4 Å². The number of benzene rings is 2. The zero-order valence-corrected chi connectivity index (χ0v) is 20.1. The normalized spacial score (nSPS) is 16.2. The van der Waals surface area contributed by atoms with Crippen LogP contribution in [0.15, 0.2) is 60.8 Å². The first-order chi connectivity index (χ1) is 17.4. The zero-order valence-electron chi connectivity index (χ0n) is 20.1. The van der Waals surface area contributed by atoms with Crippen LogP contribution in [0.1, 0.15) is 58.9 Å². The number of amides is 1. The number of hydrogen-bond acceptors (Lipinski definition) is 6. The average Bonchev–Trinajstić information content (AvgIpc) is 3.32. The Morgan fingerprint density at radius 2 is 1.78 bits per heavy atom. The Morgan fingerprint density at radius 3 is 2.39 bits per heavy atom. The third-order valence-corrected chi connectivity index (χ3v) is 6.05. The number of hydrogen-bond donors (Lipinski definition) is 1. The molecule has 0 aliphatic carbocycles. The summed E-state index contributed by atoms with van der Waals surface area (Å²) in [6.07, 6.45) is 2.50. The third kappa shape index (κ3) is 5.68. The Balaban J connectivity index is 1.54. The summed E-state index contributed by atoms with van der Waals surface area (Å²) in [6, 6.07) is 18.8. The van der Waals surface area contributed by atoms with Gasteiger partial charge in [-0.05, 0) is 61.7 Å². The van der Waals surface area contributed by atoms with E-state index in [2.05, 4.69) is 21.3 Å². The molecule has 1 aliphatic heterocycles. The van der Waals surface area contributed by atoms with Gasteiger partial charge in [-0.3, -0.25) is 9.69 Å². The molecule has 0 saturated carbocycles. The molecule has 2 heterocycles. The quantitative estimate of drug-likeness (QED) is 0.536. The summed E-state index contributed by atoms with van der Waals surface area (Å²) < 4.78 is 20.0. The molecular formula is C28H26FN5O2. The molecule has 4 rings (SSSR count). The lowest BCUT2D eigenvalue weighted by atomic mass is 9.97. The maximum Gasteiger partial charge on any atom is 0.254 e. The summed E-state index contributed by atoms with van der Waals surface area (Å²) in [5.74, 6) is -0.675. The van der Waals surface area contributed by atoms with E-state index in [0.29, 0.717) is 31.0 Å². The molecule has 2 atom stereocenters. The number of halogens is 1. The molecule has 1 N–H and O–H groups in total. The summed E-state index contributed by atoms with van der Waals surface area (Å²) in [5, 5.41) is 21.0. The highest BCUT2D eigenvalue weighted by molar-refractivity contribution is 5.94. The van der Waals surface area contributed by atoms with Crippen LogP contribution >= 0.6 is 0 Å². The van der Waals surface area contributed by atoms with Crippen molar-refractivity contribution >= 4 is 5.91 Å². The van der Waals surface area contributed by atoms with Crippen LogP contribution in [0.3, 0.4) is 0 Å². The van der Waals surface area contributed by atoms with Gasteiger partial charge >= 0.3 is 0 Å². The number of nitrogens with zero attached hydrogens (tertiary/aromatic N) is 4. The van der Waals surface area contributed by atoms with Crippen molar-refractivity contribution in [2.45, 2.75) is 38.5 Å². The van der Waals surface area contributed by atoms with Gasteiger partial charge in [-0.25, -0.2) is 9.37 Å². The van der Waals surface area contributed by atoms with E-state index in [1.165, 1.54) is 12.1 Å². The van der Waals surface area contributed by atoms with E-state index in [4.69, 9.17) is 10.00 Å². The fourth-order valence-corrected chi connectivity index (χ4v) is 4.39. The third-order valence-electron chi connectivity index (χ3n) is 6.05. The molecule has 182 valence electrons. The van der Waals surface area contributed by atoms with E-state index in [-0.39, 0.29) is 29.3 Å². The molecule has 36 heavy (non-hydrogen) atoms. The van der Waals surface area contributed by atoms with E-state index in [1.54, 1.807) is 18.3 Å². The number of nitriles is 2. The van der Waals surface area contributed by atoms with Crippen LogP contribution in [0.25, 0.3) is 0 Å². The van der Waals surface area contributed by atoms with Crippen molar-refractivity contribution in [3.63, 3.8) is 0 Å². The highest BCUT2D eigenvalue weighted by Gasteiger charge is 2.32. The maximum absolute atomic E-state index is 14.3. The van der Waals surface area contributed by atoms with Crippen LogP contribution < -0.4 is 10.1 Å². The Bertz CT molecular complexity index is 1310. The van der Waals surface area contributed by atoms with E-state index < -0.39 is 11.7 Å². The Labute approximate surface area is 209 Å². The van der Waals surface area contributed by atoms with Crippen LogP contribution in [0, 0.1) is 28.5 Å². The van der Waals surface area contributed by atoms with E-state index >= 15 is 0 Å². The summed E-state index contributed by atoms with van der Waals surface area (Å²) >= 11 is 0. The monoisotopic (exact) mass is 483 g/mol. The number of ether oxygens (including phenoxy) is 1. The second-order valence-corrected chi connectivity index (χ2v) is 8.99. The summed E-state index contributed by atoms with van der Waals surface area (Å²) in [6.45, 7) is 5.14. The fourth-order valence-electron chi connectivity index (χ4n) is 4.39. The van der Waals surface area contributed by atoms with Crippen molar-refractivity contribution in [3.8, 4) is 18.0 Å². The van der Waals surface area contributed by atoms with Crippen LogP contribution in [0.2, 0.25) is 0 Å². The molecule has 7 nitrogen and oxygen atoms in total. The van der Waals surface area contributed by atoms with Crippen LogP contribution in [-0.4, -0.2) is 41.0 Å². The second-order valence-electron chi connectivity index (χ2n) is 8.99. The molecule has 0 bridgehead atoms. The fraction of sp³-hybridized carbons (Fsp3) is 0.286. The van der Waals surface area contributed by atoms with Gasteiger partial charge in [-0.2, -0.15) is 10.5 Å². The summed E-state index contributed by atoms with van der Waals surface area (Å²) in [5.41, 5.74) is 2.62. The zero-order chi connectivity index (χ0) is 25.7. The smallest absolute Gasteiger partial charge is 0.254 e. The molecule has 1 aromatic heterocycles. The summed E-state index contributed by atoms with van der Waals surface area (Å²) in [4.78, 5) is 19.4. The van der Waals surface area contributed by atoms with Crippen molar-refractivity contribution in [1.82, 2.24) is 15.2 Å². The molecule has 1 fully saturated rings. The van der Waals surface area contributed by atoms with Crippen LogP contribution in [0.5, 0.6) is 5.88 Å². The van der Waals surface area contributed by atoms with Gasteiger partial charge in [0.15, 0.2) is 0 Å². The minimum atomic E-state index is -0.716. The maximum atomic E-state index is 14.3. The summed E-state index contributed by atoms with van der Waals surface area (Å²) in [7, 11) is 0. The van der Waals surface area contributed by atoms with E-state index in [9.17, 15) is 14.4 Å². The molecule has 2 aromatic carbocycles. The van der Waals surface area contributed by atoms with Crippen LogP contribution in [-0.2, 0) is 0 Å². The van der Waals surface area contributed by atoms with Gasteiger partial charge in [0.2, 0.25) is 5.88 Å².